The van der Waals surface area contributed by atoms with Crippen molar-refractivity contribution in [2.24, 2.45) is 0 Å². The summed E-state index contributed by atoms with van der Waals surface area (Å²) in [6, 6.07) is 7.22. The molecule has 1 aromatic carbocycles. The number of sulfonamides is 1. The van der Waals surface area contributed by atoms with E-state index in [9.17, 15) is 8.42 Å². The van der Waals surface area contributed by atoms with Crippen LogP contribution in [0.15, 0.2) is 41.4 Å². The number of benzene rings is 1. The van der Waals surface area contributed by atoms with Crippen LogP contribution in [0.3, 0.4) is 0 Å². The van der Waals surface area contributed by atoms with Crippen LogP contribution in [-0.4, -0.2) is 19.3 Å². The number of hydrogen-bond acceptors (Lipinski definition) is 2. The number of fused-ring (bicyclic) bond motifs is 4. The van der Waals surface area contributed by atoms with Crippen molar-refractivity contribution in [1.82, 2.24) is 4.31 Å². The van der Waals surface area contributed by atoms with Gasteiger partial charge in [-0.2, -0.15) is 0 Å². The van der Waals surface area contributed by atoms with Crippen molar-refractivity contribution >= 4 is 10.0 Å². The first-order chi connectivity index (χ1) is 6.69. The Morgan fingerprint density at radius 1 is 1.29 bits per heavy atom. The largest absolute Gasteiger partial charge is 0.273 e. The molecule has 0 radical (unpaired) electrons. The monoisotopic (exact) mass is 207 g/mol. The highest BCUT2D eigenvalue weighted by Crippen LogP contribution is 2.38. The molecule has 0 saturated heterocycles. The predicted molar refractivity (Wildman–Crippen MR) is 52.2 cm³/mol. The van der Waals surface area contributed by atoms with Gasteiger partial charge >= 0.3 is 0 Å². The lowest BCUT2D eigenvalue weighted by Gasteiger charge is -2.26. The molecule has 1 aromatic rings. The van der Waals surface area contributed by atoms with Gasteiger partial charge in [0.05, 0.1) is 4.90 Å². The maximum atomic E-state index is 11.9. The topological polar surface area (TPSA) is 37.4 Å². The van der Waals surface area contributed by atoms with Crippen LogP contribution in [0.2, 0.25) is 0 Å². The second-order valence-electron chi connectivity index (χ2n) is 3.56. The molecule has 2 bridgehead atoms. The van der Waals surface area contributed by atoms with E-state index in [1.807, 2.05) is 18.2 Å². The summed E-state index contributed by atoms with van der Waals surface area (Å²) in [4.78, 5) is 0.459. The minimum absolute atomic E-state index is 0.245. The lowest BCUT2D eigenvalue weighted by molar-refractivity contribution is 0.490. The zero-order chi connectivity index (χ0) is 9.76. The Morgan fingerprint density at radius 2 is 2.07 bits per heavy atom. The van der Waals surface area contributed by atoms with Crippen molar-refractivity contribution in [3.63, 3.8) is 0 Å². The highest BCUT2D eigenvalue weighted by atomic mass is 32.2. The molecule has 0 amide bonds. The fourth-order valence-electron chi connectivity index (χ4n) is 2.04. The van der Waals surface area contributed by atoms with E-state index >= 15 is 0 Å². The van der Waals surface area contributed by atoms with Crippen molar-refractivity contribution < 1.29 is 8.42 Å². The molecular weight excluding hydrogens is 198 g/mol. The molecule has 3 nitrogen and oxygen atoms in total. The molecule has 2 heterocycles. The molecule has 0 aliphatic carbocycles. The zero-order valence-electron chi connectivity index (χ0n) is 7.42. The Labute approximate surface area is 82.7 Å². The Bertz CT molecular complexity index is 519. The molecule has 3 rings (SSSR count). The molecule has 0 spiro atoms. The smallest absolute Gasteiger partial charge is 0.264 e. The SMILES string of the molecule is O=S1(=O)c2ccccc2[C@@H]2C=CN1C2. The standard InChI is InChI=1S/C10H9NO2S/c12-14(13)10-4-2-1-3-9(10)8-5-6-11(14)7-8/h1-6,8H,7H2/t8-/m1/s1. The van der Waals surface area contributed by atoms with E-state index in [0.29, 0.717) is 11.4 Å². The average Bonchev–Trinajstić information content (AvgIpc) is 2.63. The summed E-state index contributed by atoms with van der Waals surface area (Å²) >= 11 is 0. The lowest BCUT2D eigenvalue weighted by atomic mass is 10.0. The first kappa shape index (κ1) is 8.05. The Morgan fingerprint density at radius 3 is 2.93 bits per heavy atom. The van der Waals surface area contributed by atoms with Gasteiger partial charge in [0.2, 0.25) is 0 Å². The van der Waals surface area contributed by atoms with Gasteiger partial charge < -0.3 is 0 Å². The Hall–Kier alpha value is -1.29. The van der Waals surface area contributed by atoms with Crippen LogP contribution in [-0.2, 0) is 10.0 Å². The second kappa shape index (κ2) is 2.39. The van der Waals surface area contributed by atoms with Crippen LogP contribution >= 0.6 is 0 Å². The van der Waals surface area contributed by atoms with Crippen molar-refractivity contribution in [2.75, 3.05) is 6.54 Å². The van der Waals surface area contributed by atoms with Crippen LogP contribution in [0.5, 0.6) is 0 Å². The summed E-state index contributed by atoms with van der Waals surface area (Å²) in [6.07, 6.45) is 3.61. The summed E-state index contributed by atoms with van der Waals surface area (Å²) in [5.41, 5.74) is 0.928. The number of rotatable bonds is 0. The maximum absolute atomic E-state index is 11.9. The van der Waals surface area contributed by atoms with Crippen LogP contribution in [0.4, 0.5) is 0 Å². The van der Waals surface area contributed by atoms with Gasteiger partial charge in [-0.1, -0.05) is 24.3 Å². The predicted octanol–water partition coefficient (Wildman–Crippen LogP) is 1.30. The Balaban J connectivity index is 2.38. The molecule has 0 unspecified atom stereocenters. The molecule has 0 aromatic heterocycles. The minimum atomic E-state index is -3.24. The third kappa shape index (κ3) is 0.838. The van der Waals surface area contributed by atoms with E-state index in [1.165, 1.54) is 4.31 Å². The third-order valence-electron chi connectivity index (χ3n) is 2.77. The van der Waals surface area contributed by atoms with Gasteiger partial charge in [-0.25, -0.2) is 8.42 Å². The van der Waals surface area contributed by atoms with E-state index < -0.39 is 10.0 Å². The fourth-order valence-corrected chi connectivity index (χ4v) is 3.65. The Kier molecular flexibility index (Phi) is 1.37. The first-order valence-corrected chi connectivity index (χ1v) is 5.93. The summed E-state index contributed by atoms with van der Waals surface area (Å²) in [5, 5.41) is 0. The van der Waals surface area contributed by atoms with Crippen LogP contribution in [0.25, 0.3) is 0 Å². The lowest BCUT2D eigenvalue weighted by Crippen LogP contribution is -2.31. The molecule has 72 valence electrons. The molecule has 0 N–H and O–H groups in total. The van der Waals surface area contributed by atoms with Crippen LogP contribution in [0, 0.1) is 0 Å². The van der Waals surface area contributed by atoms with Gasteiger partial charge in [0, 0.05) is 18.7 Å². The minimum Gasteiger partial charge on any atom is -0.273 e. The normalized spacial score (nSPS) is 26.3. The van der Waals surface area contributed by atoms with Crippen molar-refractivity contribution in [3.05, 3.63) is 42.1 Å². The van der Waals surface area contributed by atoms with E-state index in [4.69, 9.17) is 0 Å². The second-order valence-corrected chi connectivity index (χ2v) is 5.42. The van der Waals surface area contributed by atoms with E-state index in [2.05, 4.69) is 0 Å². The summed E-state index contributed by atoms with van der Waals surface area (Å²) in [7, 11) is -3.24. The molecule has 2 aliphatic rings. The molecule has 0 fully saturated rings. The summed E-state index contributed by atoms with van der Waals surface area (Å²) in [5.74, 6) is 0.245. The van der Waals surface area contributed by atoms with Crippen molar-refractivity contribution in [1.29, 1.82) is 0 Å². The number of nitrogens with zero attached hydrogens (tertiary/aromatic N) is 1. The van der Waals surface area contributed by atoms with Crippen molar-refractivity contribution in [2.45, 2.75) is 10.8 Å². The highest BCUT2D eigenvalue weighted by molar-refractivity contribution is 7.89. The van der Waals surface area contributed by atoms with E-state index in [1.54, 1.807) is 18.3 Å². The summed E-state index contributed by atoms with van der Waals surface area (Å²) < 4.78 is 25.3. The quantitative estimate of drug-likeness (QED) is 0.643. The van der Waals surface area contributed by atoms with Gasteiger partial charge in [0.15, 0.2) is 0 Å². The zero-order valence-corrected chi connectivity index (χ0v) is 8.24. The van der Waals surface area contributed by atoms with E-state index in [0.717, 1.165) is 5.56 Å². The number of hydrogen-bond donors (Lipinski definition) is 0. The average molecular weight is 207 g/mol. The van der Waals surface area contributed by atoms with Gasteiger partial charge in [-0.15, -0.1) is 0 Å². The molecule has 0 saturated carbocycles. The van der Waals surface area contributed by atoms with E-state index in [-0.39, 0.29) is 5.92 Å². The maximum Gasteiger partial charge on any atom is 0.264 e. The van der Waals surface area contributed by atoms with Gasteiger partial charge in [0.25, 0.3) is 10.0 Å². The summed E-state index contributed by atoms with van der Waals surface area (Å²) in [6.45, 7) is 0.569. The molecular formula is C10H9NO2S. The third-order valence-corrected chi connectivity index (χ3v) is 4.58. The van der Waals surface area contributed by atoms with Gasteiger partial charge in [-0.3, -0.25) is 4.31 Å². The fraction of sp³-hybridized carbons (Fsp3) is 0.200. The van der Waals surface area contributed by atoms with Crippen molar-refractivity contribution in [3.8, 4) is 0 Å². The molecule has 1 atom stereocenters. The van der Waals surface area contributed by atoms with Crippen LogP contribution < -0.4 is 0 Å². The molecule has 14 heavy (non-hydrogen) atoms. The molecule has 4 heteroatoms. The highest BCUT2D eigenvalue weighted by Gasteiger charge is 2.36. The van der Waals surface area contributed by atoms with Gasteiger partial charge in [0.1, 0.15) is 0 Å². The van der Waals surface area contributed by atoms with Crippen LogP contribution in [0.1, 0.15) is 11.5 Å². The molecule has 2 aliphatic heterocycles. The first-order valence-electron chi connectivity index (χ1n) is 4.49. The van der Waals surface area contributed by atoms with Gasteiger partial charge in [-0.05, 0) is 11.6 Å².